The van der Waals surface area contributed by atoms with Crippen LogP contribution in [-0.4, -0.2) is 11.9 Å². The van der Waals surface area contributed by atoms with Gasteiger partial charge in [-0.1, -0.05) is 88.8 Å². The quantitative estimate of drug-likeness (QED) is 0.610. The van der Waals surface area contributed by atoms with Crippen LogP contribution in [0, 0.1) is 16.7 Å². The van der Waals surface area contributed by atoms with Gasteiger partial charge in [-0.2, -0.15) is 0 Å². The Balaban J connectivity index is 0.00000182. The van der Waals surface area contributed by atoms with E-state index in [1.165, 1.54) is 22.3 Å². The molecule has 4 aliphatic rings. The van der Waals surface area contributed by atoms with Crippen LogP contribution >= 0.6 is 0 Å². The largest absolute Gasteiger partial charge is 1.00 e. The van der Waals surface area contributed by atoms with Crippen molar-refractivity contribution < 1.29 is 63.0 Å². The maximum absolute atomic E-state index is 12.5. The van der Waals surface area contributed by atoms with Crippen molar-refractivity contribution in [1.29, 1.82) is 0 Å². The molecule has 0 aromatic heterocycles. The van der Waals surface area contributed by atoms with Gasteiger partial charge in [0.1, 0.15) is 0 Å². The summed E-state index contributed by atoms with van der Waals surface area (Å²) in [6, 6.07) is -0.140. The van der Waals surface area contributed by atoms with Crippen LogP contribution in [0.3, 0.4) is 0 Å². The number of carbonyl (C=O) groups excluding carboxylic acids is 1. The molecule has 0 aromatic rings. The molecule has 0 spiro atoms. The summed E-state index contributed by atoms with van der Waals surface area (Å²) in [6.45, 7) is 10.9. The minimum absolute atomic E-state index is 0. The van der Waals surface area contributed by atoms with E-state index in [1.807, 2.05) is 6.92 Å². The predicted molar refractivity (Wildman–Crippen MR) is 98.4 cm³/mol. The summed E-state index contributed by atoms with van der Waals surface area (Å²) in [5.74, 6) is -0.158. The van der Waals surface area contributed by atoms with Crippen molar-refractivity contribution in [3.63, 3.8) is 0 Å². The molecule has 0 saturated heterocycles. The minimum Gasteiger partial charge on any atom is -0.643 e. The number of hydrogen-bond donors (Lipinski definition) is 0. The predicted octanol–water partition coefficient (Wildman–Crippen LogP) is 2.19. The molecule has 2 atom stereocenters. The Morgan fingerprint density at radius 2 is 1.64 bits per heavy atom. The van der Waals surface area contributed by atoms with Crippen molar-refractivity contribution in [2.45, 2.75) is 40.7 Å². The summed E-state index contributed by atoms with van der Waals surface area (Å²) in [4.78, 5) is 12.5. The number of hydrogen-bond acceptors (Lipinski definition) is 1. The van der Waals surface area contributed by atoms with E-state index in [0.29, 0.717) is 0 Å². The first kappa shape index (κ1) is 19.5. The third kappa shape index (κ3) is 3.24. The second-order valence-electron chi connectivity index (χ2n) is 8.53. The number of fused-ring (bicyclic) bond motifs is 3. The van der Waals surface area contributed by atoms with Crippen molar-refractivity contribution in [2.24, 2.45) is 16.7 Å². The Labute approximate surface area is 199 Å². The van der Waals surface area contributed by atoms with Gasteiger partial charge in [-0.25, -0.2) is 0 Å². The van der Waals surface area contributed by atoms with Gasteiger partial charge in [-0.3, -0.25) is 0 Å². The third-order valence-corrected chi connectivity index (χ3v) is 5.39. The van der Waals surface area contributed by atoms with E-state index in [1.54, 1.807) is 0 Å². The molecule has 1 saturated carbocycles. The van der Waals surface area contributed by atoms with Crippen molar-refractivity contribution in [3.8, 4) is 0 Å². The van der Waals surface area contributed by atoms with Crippen LogP contribution in [0.25, 0.3) is 5.32 Å². The molecule has 1 fully saturated rings. The summed E-state index contributed by atoms with van der Waals surface area (Å²) in [5.41, 5.74) is 6.03. The average molecular weight is 404 g/mol. The van der Waals surface area contributed by atoms with Gasteiger partial charge in [-0.05, 0) is 22.3 Å². The molecule has 1 aliphatic heterocycles. The SMILES string of the molecule is CC1C(=O)[N-]C2C3=CC=CC(C)(C)C=C3C3=CC(C)(C)C=CC1=C32.[Rb+]. The fourth-order valence-electron chi connectivity index (χ4n) is 4.08. The molecule has 2 unspecified atom stereocenters. The van der Waals surface area contributed by atoms with Crippen LogP contribution in [-0.2, 0) is 4.79 Å². The maximum Gasteiger partial charge on any atom is 1.00 e. The van der Waals surface area contributed by atoms with Crippen LogP contribution in [0.4, 0.5) is 0 Å². The number of allylic oxidation sites excluding steroid dienone is 7. The molecule has 124 valence electrons. The van der Waals surface area contributed by atoms with Crippen LogP contribution in [0.1, 0.15) is 34.6 Å². The van der Waals surface area contributed by atoms with Gasteiger partial charge in [0.15, 0.2) is 0 Å². The Morgan fingerprint density at radius 3 is 2.36 bits per heavy atom. The summed E-state index contributed by atoms with van der Waals surface area (Å²) < 4.78 is 0. The van der Waals surface area contributed by atoms with Gasteiger partial charge < -0.3 is 10.1 Å². The standard InChI is InChI=1S/C22H25NO.Rb/c1-13-14-8-10-22(4,5)12-17-16-11-21(2,3)9-6-7-15(16)19(18(14)17)23-20(13)24;/h6-13,19H,1-5H3,(H,23,24);/q;+1/p-1. The van der Waals surface area contributed by atoms with Gasteiger partial charge in [0.2, 0.25) is 0 Å². The van der Waals surface area contributed by atoms with Gasteiger partial charge in [0, 0.05) is 16.7 Å². The molecule has 0 aromatic carbocycles. The maximum atomic E-state index is 12.5. The number of carbonyl (C=O) groups is 1. The first-order valence-electron chi connectivity index (χ1n) is 8.73. The summed E-state index contributed by atoms with van der Waals surface area (Å²) in [7, 11) is 0. The van der Waals surface area contributed by atoms with Crippen molar-refractivity contribution >= 4 is 5.91 Å². The zero-order valence-corrected chi connectivity index (χ0v) is 21.0. The number of amides is 1. The monoisotopic (exact) mass is 403 g/mol. The zero-order chi connectivity index (χ0) is 17.3. The van der Waals surface area contributed by atoms with Gasteiger partial charge >= 0.3 is 58.2 Å². The van der Waals surface area contributed by atoms with Crippen LogP contribution < -0.4 is 58.2 Å². The minimum atomic E-state index is -0.156. The van der Waals surface area contributed by atoms with E-state index in [9.17, 15) is 4.79 Å². The van der Waals surface area contributed by atoms with Gasteiger partial charge in [0.25, 0.3) is 0 Å². The van der Waals surface area contributed by atoms with E-state index >= 15 is 0 Å². The van der Waals surface area contributed by atoms with Gasteiger partial charge in [0.05, 0.1) is 5.91 Å². The van der Waals surface area contributed by atoms with Crippen LogP contribution in [0.5, 0.6) is 0 Å². The number of nitrogens with zero attached hydrogens (tertiary/aromatic N) is 1. The second-order valence-corrected chi connectivity index (χ2v) is 8.53. The molecule has 25 heavy (non-hydrogen) atoms. The van der Waals surface area contributed by atoms with Gasteiger partial charge in [-0.15, -0.1) is 0 Å². The molecule has 3 heteroatoms. The van der Waals surface area contributed by atoms with Crippen molar-refractivity contribution in [1.82, 2.24) is 0 Å². The average Bonchev–Trinajstić information content (AvgIpc) is 2.63. The molecular weight excluding hydrogens is 380 g/mol. The van der Waals surface area contributed by atoms with E-state index in [4.69, 9.17) is 0 Å². The topological polar surface area (TPSA) is 31.2 Å². The molecule has 1 amide bonds. The van der Waals surface area contributed by atoms with E-state index in [0.717, 1.165) is 5.57 Å². The molecule has 0 bridgehead atoms. The van der Waals surface area contributed by atoms with Crippen molar-refractivity contribution in [2.75, 3.05) is 0 Å². The summed E-state index contributed by atoms with van der Waals surface area (Å²) >= 11 is 0. The fraction of sp³-hybridized carbons (Fsp3) is 0.409. The zero-order valence-electron chi connectivity index (χ0n) is 16.1. The van der Waals surface area contributed by atoms with E-state index < -0.39 is 0 Å². The smallest absolute Gasteiger partial charge is 0.643 e. The second kappa shape index (κ2) is 6.40. The Bertz CT molecular complexity index is 830. The summed E-state index contributed by atoms with van der Waals surface area (Å²) in [6.07, 6.45) is 15.5. The third-order valence-electron chi connectivity index (χ3n) is 5.39. The van der Waals surface area contributed by atoms with E-state index in [-0.39, 0.29) is 86.9 Å². The molecule has 2 nitrogen and oxygen atoms in total. The molecular formula is C22H24NORb. The molecule has 0 radical (unpaired) electrons. The van der Waals surface area contributed by atoms with E-state index in [2.05, 4.69) is 75.5 Å². The molecule has 4 rings (SSSR count). The Hall–Kier alpha value is -0.285. The molecule has 3 aliphatic carbocycles. The first-order chi connectivity index (χ1) is 11.2. The normalized spacial score (nSPS) is 30.8. The molecule has 0 N–H and O–H groups in total. The Kier molecular flexibility index (Phi) is 4.99. The van der Waals surface area contributed by atoms with Crippen LogP contribution in [0.2, 0.25) is 0 Å². The summed E-state index contributed by atoms with van der Waals surface area (Å²) in [5, 5.41) is 4.56. The van der Waals surface area contributed by atoms with Crippen LogP contribution in [0.15, 0.2) is 70.4 Å². The molecule has 1 heterocycles. The fourth-order valence-corrected chi connectivity index (χ4v) is 4.08. The number of rotatable bonds is 0. The van der Waals surface area contributed by atoms with Crippen molar-refractivity contribution in [3.05, 3.63) is 75.7 Å². The Morgan fingerprint density at radius 1 is 1.00 bits per heavy atom. The first-order valence-corrected chi connectivity index (χ1v) is 8.73.